The molecule has 7 heteroatoms. The Morgan fingerprint density at radius 3 is 2.29 bits per heavy atom. The zero-order chi connectivity index (χ0) is 13.7. The van der Waals surface area contributed by atoms with E-state index >= 15 is 0 Å². The normalized spacial score (nSPS) is 15.1. The van der Waals surface area contributed by atoms with Crippen LogP contribution in [0.4, 0.5) is 0 Å². The average molecular weight is 266 g/mol. The van der Waals surface area contributed by atoms with E-state index in [-0.39, 0.29) is 17.6 Å². The van der Waals surface area contributed by atoms with Gasteiger partial charge in [-0.25, -0.2) is 13.9 Å². The van der Waals surface area contributed by atoms with Crippen molar-refractivity contribution in [2.75, 3.05) is 13.4 Å². The molecule has 0 heterocycles. The van der Waals surface area contributed by atoms with Crippen LogP contribution in [0.3, 0.4) is 0 Å². The Kier molecular flexibility index (Phi) is 6.05. The predicted octanol–water partition coefficient (Wildman–Crippen LogP) is 2.24. The second kappa shape index (κ2) is 6.31. The molecule has 0 aromatic rings. The van der Waals surface area contributed by atoms with Gasteiger partial charge in [0.15, 0.2) is 0 Å². The van der Waals surface area contributed by atoms with E-state index in [0.717, 1.165) is 0 Å². The molecule has 0 fully saturated rings. The van der Waals surface area contributed by atoms with Crippen molar-refractivity contribution in [2.45, 2.75) is 27.7 Å². The molecule has 0 aromatic heterocycles. The molecule has 17 heavy (non-hydrogen) atoms. The molecule has 1 unspecified atom stereocenters. The van der Waals surface area contributed by atoms with Crippen LogP contribution in [0.15, 0.2) is 12.2 Å². The number of phosphoric ester groups is 1. The second-order valence-electron chi connectivity index (χ2n) is 4.76. The summed E-state index contributed by atoms with van der Waals surface area (Å²) in [7, 11) is -4.18. The van der Waals surface area contributed by atoms with Gasteiger partial charge in [0.2, 0.25) is 6.79 Å². The van der Waals surface area contributed by atoms with Gasteiger partial charge in [-0.05, 0) is 12.3 Å². The summed E-state index contributed by atoms with van der Waals surface area (Å²) in [6, 6.07) is 0. The first kappa shape index (κ1) is 16.3. The third-order valence-electron chi connectivity index (χ3n) is 1.42. The third-order valence-corrected chi connectivity index (χ3v) is 2.30. The monoisotopic (exact) mass is 266 g/mol. The van der Waals surface area contributed by atoms with Crippen molar-refractivity contribution in [1.29, 1.82) is 0 Å². The van der Waals surface area contributed by atoms with Gasteiger partial charge in [-0.1, -0.05) is 27.4 Å². The first-order chi connectivity index (χ1) is 7.53. The van der Waals surface area contributed by atoms with Crippen LogP contribution in [0.5, 0.6) is 0 Å². The molecule has 0 amide bonds. The first-order valence-corrected chi connectivity index (χ1v) is 6.47. The van der Waals surface area contributed by atoms with Crippen molar-refractivity contribution >= 4 is 13.8 Å². The van der Waals surface area contributed by atoms with Crippen LogP contribution in [0.2, 0.25) is 0 Å². The molecule has 1 atom stereocenters. The molecule has 0 aliphatic heterocycles. The molecule has 100 valence electrons. The maximum atomic E-state index is 11.3. The molecule has 0 rings (SSSR count). The summed E-state index contributed by atoms with van der Waals surface area (Å²) in [5, 5.41) is 0. The highest BCUT2D eigenvalue weighted by Gasteiger charge is 2.25. The number of esters is 1. The Balaban J connectivity index is 3.99. The minimum atomic E-state index is -4.18. The molecule has 0 bridgehead atoms. The fourth-order valence-corrected chi connectivity index (χ4v) is 1.39. The number of hydrogen-bond donors (Lipinski definition) is 1. The van der Waals surface area contributed by atoms with E-state index in [2.05, 4.69) is 15.8 Å². The van der Waals surface area contributed by atoms with E-state index in [1.54, 1.807) is 0 Å². The van der Waals surface area contributed by atoms with Gasteiger partial charge in [0.05, 0.1) is 6.61 Å². The third kappa shape index (κ3) is 9.06. The lowest BCUT2D eigenvalue weighted by atomic mass is 9.99. The Morgan fingerprint density at radius 1 is 1.35 bits per heavy atom. The number of hydrogen-bond acceptors (Lipinski definition) is 5. The summed E-state index contributed by atoms with van der Waals surface area (Å²) < 4.78 is 25.0. The number of rotatable bonds is 6. The SMILES string of the molecule is C=C(C)C(=O)OCOP(=O)(O)OCC(C)(C)C. The van der Waals surface area contributed by atoms with Gasteiger partial charge in [-0.15, -0.1) is 0 Å². The average Bonchev–Trinajstić information content (AvgIpc) is 2.13. The van der Waals surface area contributed by atoms with Crippen molar-refractivity contribution in [3.63, 3.8) is 0 Å². The maximum Gasteiger partial charge on any atom is 0.475 e. The van der Waals surface area contributed by atoms with Crippen LogP contribution in [0, 0.1) is 5.41 Å². The lowest BCUT2D eigenvalue weighted by Gasteiger charge is -2.20. The summed E-state index contributed by atoms with van der Waals surface area (Å²) in [5.74, 6) is -0.694. The molecule has 1 N–H and O–H groups in total. The van der Waals surface area contributed by atoms with Gasteiger partial charge < -0.3 is 9.63 Å². The highest BCUT2D eigenvalue weighted by molar-refractivity contribution is 7.47. The van der Waals surface area contributed by atoms with Crippen LogP contribution < -0.4 is 0 Å². The fraction of sp³-hybridized carbons (Fsp3) is 0.700. The maximum absolute atomic E-state index is 11.3. The number of ether oxygens (including phenoxy) is 1. The molecular weight excluding hydrogens is 247 g/mol. The molecule has 0 aliphatic carbocycles. The quantitative estimate of drug-likeness (QED) is 0.343. The largest absolute Gasteiger partial charge is 0.475 e. The van der Waals surface area contributed by atoms with Crippen molar-refractivity contribution in [3.8, 4) is 0 Å². The van der Waals surface area contributed by atoms with Crippen molar-refractivity contribution in [3.05, 3.63) is 12.2 Å². The fourth-order valence-electron chi connectivity index (χ4n) is 0.582. The summed E-state index contributed by atoms with van der Waals surface area (Å²) in [4.78, 5) is 20.2. The first-order valence-electron chi connectivity index (χ1n) is 4.98. The Labute approximate surface area is 101 Å². The molecular formula is C10H19O6P. The minimum Gasteiger partial charge on any atom is -0.435 e. The van der Waals surface area contributed by atoms with E-state index in [0.29, 0.717) is 0 Å². The van der Waals surface area contributed by atoms with E-state index in [9.17, 15) is 14.3 Å². The van der Waals surface area contributed by atoms with E-state index in [4.69, 9.17) is 4.52 Å². The van der Waals surface area contributed by atoms with Gasteiger partial charge in [-0.3, -0.25) is 4.52 Å². The molecule has 0 radical (unpaired) electrons. The number of carbonyl (C=O) groups is 1. The van der Waals surface area contributed by atoms with Gasteiger partial charge in [-0.2, -0.15) is 0 Å². The standard InChI is InChI=1S/C10H19O6P/c1-8(2)9(11)14-7-16-17(12,13)15-6-10(3,4)5/h1,6-7H2,2-5H3,(H,12,13). The molecule has 0 saturated heterocycles. The van der Waals surface area contributed by atoms with E-state index in [1.165, 1.54) is 6.92 Å². The summed E-state index contributed by atoms with van der Waals surface area (Å²) in [6.45, 7) is 9.73. The van der Waals surface area contributed by atoms with Crippen LogP contribution in [0.25, 0.3) is 0 Å². The Bertz CT molecular complexity index is 330. The van der Waals surface area contributed by atoms with Gasteiger partial charge >= 0.3 is 13.8 Å². The van der Waals surface area contributed by atoms with Crippen LogP contribution in [-0.2, 0) is 23.1 Å². The topological polar surface area (TPSA) is 82.1 Å². The second-order valence-corrected chi connectivity index (χ2v) is 6.22. The highest BCUT2D eigenvalue weighted by atomic mass is 31.2. The molecule has 6 nitrogen and oxygen atoms in total. The predicted molar refractivity (Wildman–Crippen MR) is 62.1 cm³/mol. The summed E-state index contributed by atoms with van der Waals surface area (Å²) in [5.41, 5.74) is -0.0900. The van der Waals surface area contributed by atoms with Crippen molar-refractivity contribution in [1.82, 2.24) is 0 Å². The summed E-state index contributed by atoms with van der Waals surface area (Å²) in [6.07, 6.45) is 0. The molecule has 0 aromatic carbocycles. The Hall–Kier alpha value is -0.680. The molecule has 0 spiro atoms. The summed E-state index contributed by atoms with van der Waals surface area (Å²) >= 11 is 0. The highest BCUT2D eigenvalue weighted by Crippen LogP contribution is 2.44. The van der Waals surface area contributed by atoms with Crippen molar-refractivity contribution < 1.29 is 28.0 Å². The van der Waals surface area contributed by atoms with Gasteiger partial charge in [0.25, 0.3) is 0 Å². The zero-order valence-corrected chi connectivity index (χ0v) is 11.5. The Morgan fingerprint density at radius 2 is 1.88 bits per heavy atom. The minimum absolute atomic E-state index is 0.0508. The molecule has 0 aliphatic rings. The lowest BCUT2D eigenvalue weighted by Crippen LogP contribution is -2.15. The van der Waals surface area contributed by atoms with Crippen LogP contribution in [0.1, 0.15) is 27.7 Å². The number of phosphoric acid groups is 1. The lowest BCUT2D eigenvalue weighted by molar-refractivity contribution is -0.146. The van der Waals surface area contributed by atoms with E-state index < -0.39 is 20.6 Å². The van der Waals surface area contributed by atoms with Gasteiger partial charge in [0, 0.05) is 5.57 Å². The van der Waals surface area contributed by atoms with Crippen LogP contribution >= 0.6 is 7.82 Å². The molecule has 0 saturated carbocycles. The van der Waals surface area contributed by atoms with E-state index in [1.807, 2.05) is 20.8 Å². The smallest absolute Gasteiger partial charge is 0.435 e. The van der Waals surface area contributed by atoms with Crippen LogP contribution in [-0.4, -0.2) is 24.3 Å². The zero-order valence-electron chi connectivity index (χ0n) is 10.6. The van der Waals surface area contributed by atoms with Gasteiger partial charge in [0.1, 0.15) is 0 Å². The number of carbonyl (C=O) groups excluding carboxylic acids is 1. The van der Waals surface area contributed by atoms with Crippen molar-refractivity contribution in [2.24, 2.45) is 5.41 Å².